The first kappa shape index (κ1) is 18.9. The Hall–Kier alpha value is -2.89. The number of ether oxygens (including phenoxy) is 2. The third-order valence-corrected chi connectivity index (χ3v) is 4.37. The molecule has 2 aromatic rings. The smallest absolute Gasteiger partial charge is 0.231 e. The molecule has 1 aliphatic heterocycles. The Morgan fingerprint density at radius 2 is 1.85 bits per heavy atom. The highest BCUT2D eigenvalue weighted by Crippen LogP contribution is 2.32. The average molecular weight is 369 g/mol. The molecule has 0 atom stereocenters. The third-order valence-electron chi connectivity index (χ3n) is 4.37. The maximum absolute atomic E-state index is 9.34. The summed E-state index contributed by atoms with van der Waals surface area (Å²) in [5.41, 5.74) is 2.36. The zero-order chi connectivity index (χ0) is 19.1. The number of nitrogens with zero attached hydrogens (tertiary/aromatic N) is 2. The van der Waals surface area contributed by atoms with Gasteiger partial charge in [0.25, 0.3) is 0 Å². The summed E-state index contributed by atoms with van der Waals surface area (Å²) < 4.78 is 10.8. The van der Waals surface area contributed by atoms with Gasteiger partial charge in [-0.3, -0.25) is 4.99 Å². The Morgan fingerprint density at radius 1 is 1.11 bits per heavy atom. The summed E-state index contributed by atoms with van der Waals surface area (Å²) in [6.45, 7) is 4.66. The van der Waals surface area contributed by atoms with E-state index in [1.165, 1.54) is 5.56 Å². The van der Waals surface area contributed by atoms with Crippen LogP contribution in [-0.2, 0) is 13.0 Å². The van der Waals surface area contributed by atoms with Crippen molar-refractivity contribution in [3.8, 4) is 17.2 Å². The number of hydrogen-bond donors (Lipinski definition) is 2. The van der Waals surface area contributed by atoms with Gasteiger partial charge >= 0.3 is 0 Å². The number of nitrogens with one attached hydrogen (secondary N) is 1. The van der Waals surface area contributed by atoms with Gasteiger partial charge in [0, 0.05) is 26.7 Å². The maximum atomic E-state index is 9.34. The van der Waals surface area contributed by atoms with Crippen LogP contribution in [0.15, 0.2) is 47.5 Å². The van der Waals surface area contributed by atoms with Gasteiger partial charge in [-0.05, 0) is 55.2 Å². The van der Waals surface area contributed by atoms with Gasteiger partial charge in [0.1, 0.15) is 5.75 Å². The van der Waals surface area contributed by atoms with E-state index >= 15 is 0 Å². The van der Waals surface area contributed by atoms with Crippen LogP contribution in [0.5, 0.6) is 17.2 Å². The molecule has 0 unspecified atom stereocenters. The minimum Gasteiger partial charge on any atom is -0.508 e. The molecule has 3 rings (SSSR count). The number of phenols is 1. The van der Waals surface area contributed by atoms with Crippen LogP contribution in [0.25, 0.3) is 0 Å². The Morgan fingerprint density at radius 3 is 2.63 bits per heavy atom. The van der Waals surface area contributed by atoms with Crippen molar-refractivity contribution in [2.24, 2.45) is 4.99 Å². The normalized spacial score (nSPS) is 12.9. The van der Waals surface area contributed by atoms with E-state index in [0.29, 0.717) is 12.5 Å². The number of guanidine groups is 1. The monoisotopic (exact) mass is 369 g/mol. The van der Waals surface area contributed by atoms with E-state index in [-0.39, 0.29) is 0 Å². The van der Waals surface area contributed by atoms with Crippen LogP contribution in [0, 0.1) is 0 Å². The Kier molecular flexibility index (Phi) is 6.41. The van der Waals surface area contributed by atoms with Crippen LogP contribution >= 0.6 is 0 Å². The molecule has 0 aliphatic carbocycles. The zero-order valence-electron chi connectivity index (χ0n) is 15.9. The molecule has 2 aromatic carbocycles. The number of hydrogen-bond acceptors (Lipinski definition) is 4. The van der Waals surface area contributed by atoms with Crippen molar-refractivity contribution in [1.29, 1.82) is 0 Å². The molecule has 1 heterocycles. The minimum absolute atomic E-state index is 0.291. The molecule has 0 spiro atoms. The Balaban J connectivity index is 1.54. The molecule has 0 amide bonds. The first-order chi connectivity index (χ1) is 13.2. The highest BCUT2D eigenvalue weighted by molar-refractivity contribution is 5.79. The third kappa shape index (κ3) is 5.29. The van der Waals surface area contributed by atoms with E-state index in [1.54, 1.807) is 12.1 Å². The standard InChI is InChI=1S/C21H27N3O3/c1-3-22-21(23-12-4-5-16-6-9-18(25)10-7-16)24(2)14-17-8-11-19-20(13-17)27-15-26-19/h6-11,13,25H,3-5,12,14-15H2,1-2H3,(H,22,23). The first-order valence-electron chi connectivity index (χ1n) is 9.31. The SMILES string of the molecule is CCNC(=NCCCc1ccc(O)cc1)N(C)Cc1ccc2c(c1)OCO2. The second-order valence-electron chi connectivity index (χ2n) is 6.55. The van der Waals surface area contributed by atoms with Gasteiger partial charge < -0.3 is 24.8 Å². The number of aryl methyl sites for hydroxylation is 1. The molecule has 0 fully saturated rings. The molecule has 6 heteroatoms. The van der Waals surface area contributed by atoms with Crippen molar-refractivity contribution in [1.82, 2.24) is 10.2 Å². The fourth-order valence-corrected chi connectivity index (χ4v) is 2.99. The molecular formula is C21H27N3O3. The van der Waals surface area contributed by atoms with Crippen molar-refractivity contribution >= 4 is 5.96 Å². The lowest BCUT2D eigenvalue weighted by Gasteiger charge is -2.22. The van der Waals surface area contributed by atoms with Crippen LogP contribution in [0.2, 0.25) is 0 Å². The number of rotatable bonds is 7. The molecule has 2 N–H and O–H groups in total. The number of phenolic OH excluding ortho intramolecular Hbond substituents is 1. The van der Waals surface area contributed by atoms with Crippen LogP contribution in [0.1, 0.15) is 24.5 Å². The van der Waals surface area contributed by atoms with Crippen LogP contribution in [0.3, 0.4) is 0 Å². The van der Waals surface area contributed by atoms with E-state index < -0.39 is 0 Å². The van der Waals surface area contributed by atoms with Gasteiger partial charge in [-0.15, -0.1) is 0 Å². The van der Waals surface area contributed by atoms with Gasteiger partial charge in [0.15, 0.2) is 17.5 Å². The second kappa shape index (κ2) is 9.16. The largest absolute Gasteiger partial charge is 0.508 e. The summed E-state index contributed by atoms with van der Waals surface area (Å²) in [4.78, 5) is 6.85. The summed E-state index contributed by atoms with van der Waals surface area (Å²) in [5, 5.41) is 12.7. The topological polar surface area (TPSA) is 66.3 Å². The molecule has 0 bridgehead atoms. The van der Waals surface area contributed by atoms with Gasteiger partial charge in [0.2, 0.25) is 6.79 Å². The predicted octanol–water partition coefficient (Wildman–Crippen LogP) is 3.15. The maximum Gasteiger partial charge on any atom is 0.231 e. The lowest BCUT2D eigenvalue weighted by Crippen LogP contribution is -2.38. The summed E-state index contributed by atoms with van der Waals surface area (Å²) in [7, 11) is 2.03. The number of aromatic hydroxyl groups is 1. The highest BCUT2D eigenvalue weighted by atomic mass is 16.7. The Labute approximate surface area is 160 Å². The molecular weight excluding hydrogens is 342 g/mol. The van der Waals surface area contributed by atoms with E-state index in [9.17, 15) is 5.11 Å². The summed E-state index contributed by atoms with van der Waals surface area (Å²) in [6.07, 6.45) is 1.90. The van der Waals surface area contributed by atoms with Crippen LogP contribution in [-0.4, -0.2) is 42.9 Å². The van der Waals surface area contributed by atoms with Crippen molar-refractivity contribution < 1.29 is 14.6 Å². The van der Waals surface area contributed by atoms with E-state index in [1.807, 2.05) is 31.3 Å². The average Bonchev–Trinajstić information content (AvgIpc) is 3.13. The predicted molar refractivity (Wildman–Crippen MR) is 106 cm³/mol. The fourth-order valence-electron chi connectivity index (χ4n) is 2.99. The van der Waals surface area contributed by atoms with Crippen LogP contribution in [0.4, 0.5) is 0 Å². The number of aliphatic imine (C=N–C) groups is 1. The minimum atomic E-state index is 0.291. The van der Waals surface area contributed by atoms with E-state index in [4.69, 9.17) is 14.5 Å². The lowest BCUT2D eigenvalue weighted by molar-refractivity contribution is 0.174. The van der Waals surface area contributed by atoms with Gasteiger partial charge in [0.05, 0.1) is 0 Å². The number of fused-ring (bicyclic) bond motifs is 1. The quantitative estimate of drug-likeness (QED) is 0.446. The molecule has 1 aliphatic rings. The van der Waals surface area contributed by atoms with Crippen molar-refractivity contribution in [2.75, 3.05) is 26.9 Å². The highest BCUT2D eigenvalue weighted by Gasteiger charge is 2.14. The first-order valence-corrected chi connectivity index (χ1v) is 9.31. The van der Waals surface area contributed by atoms with Gasteiger partial charge in [-0.1, -0.05) is 18.2 Å². The van der Waals surface area contributed by atoms with E-state index in [2.05, 4.69) is 23.2 Å². The summed E-state index contributed by atoms with van der Waals surface area (Å²) >= 11 is 0. The molecule has 0 aromatic heterocycles. The molecule has 0 saturated carbocycles. The van der Waals surface area contributed by atoms with Crippen molar-refractivity contribution in [3.05, 3.63) is 53.6 Å². The summed E-state index contributed by atoms with van der Waals surface area (Å²) in [5.74, 6) is 2.80. The molecule has 0 saturated heterocycles. The Bertz CT molecular complexity index is 775. The summed E-state index contributed by atoms with van der Waals surface area (Å²) in [6, 6.07) is 13.4. The molecule has 144 valence electrons. The van der Waals surface area contributed by atoms with Gasteiger partial charge in [-0.2, -0.15) is 0 Å². The lowest BCUT2D eigenvalue weighted by atomic mass is 10.1. The molecule has 6 nitrogen and oxygen atoms in total. The second-order valence-corrected chi connectivity index (χ2v) is 6.55. The molecule has 0 radical (unpaired) electrons. The fraction of sp³-hybridized carbons (Fsp3) is 0.381. The molecule has 27 heavy (non-hydrogen) atoms. The van der Waals surface area contributed by atoms with Gasteiger partial charge in [-0.25, -0.2) is 0 Å². The zero-order valence-corrected chi connectivity index (χ0v) is 15.9. The van der Waals surface area contributed by atoms with Crippen LogP contribution < -0.4 is 14.8 Å². The number of benzene rings is 2. The van der Waals surface area contributed by atoms with Crippen molar-refractivity contribution in [2.45, 2.75) is 26.3 Å². The van der Waals surface area contributed by atoms with E-state index in [0.717, 1.165) is 55.5 Å². The van der Waals surface area contributed by atoms with Crippen molar-refractivity contribution in [3.63, 3.8) is 0 Å².